The third-order valence-corrected chi connectivity index (χ3v) is 7.08. The van der Waals surface area contributed by atoms with Crippen LogP contribution < -0.4 is 4.90 Å². The summed E-state index contributed by atoms with van der Waals surface area (Å²) in [5.74, 6) is -1.37. The molecular formula is C16H19BrN2O5S. The van der Waals surface area contributed by atoms with Crippen LogP contribution in [-0.4, -0.2) is 48.8 Å². The Kier molecular flexibility index (Phi) is 4.91. The van der Waals surface area contributed by atoms with Crippen molar-refractivity contribution >= 4 is 43.5 Å². The van der Waals surface area contributed by atoms with Gasteiger partial charge < -0.3 is 10.0 Å². The van der Waals surface area contributed by atoms with Crippen LogP contribution in [0.25, 0.3) is 0 Å². The summed E-state index contributed by atoms with van der Waals surface area (Å²) >= 11 is 3.33. The number of rotatable bonds is 3. The number of carbonyl (C=O) groups is 2. The van der Waals surface area contributed by atoms with Crippen molar-refractivity contribution in [3.8, 4) is 0 Å². The number of amides is 1. The second-order valence-electron chi connectivity index (χ2n) is 6.30. The highest BCUT2D eigenvalue weighted by molar-refractivity contribution is 9.10. The summed E-state index contributed by atoms with van der Waals surface area (Å²) < 4.78 is 28.2. The first-order valence-corrected chi connectivity index (χ1v) is 10.3. The van der Waals surface area contributed by atoms with Crippen molar-refractivity contribution in [2.24, 2.45) is 0 Å². The average molecular weight is 431 g/mol. The largest absolute Gasteiger partial charge is 0.480 e. The van der Waals surface area contributed by atoms with Crippen LogP contribution in [-0.2, 0) is 26.0 Å². The van der Waals surface area contributed by atoms with E-state index in [4.69, 9.17) is 0 Å². The number of fused-ring (bicyclic) bond motifs is 1. The number of carboxylic acid groups (broad SMARTS) is 1. The van der Waals surface area contributed by atoms with Gasteiger partial charge in [0.05, 0.1) is 5.69 Å². The molecule has 9 heteroatoms. The molecule has 1 aromatic carbocycles. The highest BCUT2D eigenvalue weighted by Crippen LogP contribution is 2.40. The van der Waals surface area contributed by atoms with Crippen molar-refractivity contribution in [2.45, 2.75) is 43.5 Å². The van der Waals surface area contributed by atoms with Gasteiger partial charge in [0.15, 0.2) is 0 Å². The van der Waals surface area contributed by atoms with Crippen molar-refractivity contribution in [1.82, 2.24) is 4.31 Å². The summed E-state index contributed by atoms with van der Waals surface area (Å²) in [7, 11) is -4.04. The SMILES string of the molecule is CC(=O)N1CCc2cc(Br)cc(S(=O)(=O)N3CCCC[C@H]3C(=O)O)c21. The molecule has 136 valence electrons. The summed E-state index contributed by atoms with van der Waals surface area (Å²) in [5.41, 5.74) is 1.15. The molecule has 1 atom stereocenters. The topological polar surface area (TPSA) is 95.0 Å². The fourth-order valence-electron chi connectivity index (χ4n) is 3.55. The lowest BCUT2D eigenvalue weighted by Gasteiger charge is -2.33. The lowest BCUT2D eigenvalue weighted by molar-refractivity contribution is -0.142. The molecule has 1 aromatic rings. The average Bonchev–Trinajstić information content (AvgIpc) is 2.97. The van der Waals surface area contributed by atoms with Crippen molar-refractivity contribution < 1.29 is 23.1 Å². The maximum absolute atomic E-state index is 13.3. The van der Waals surface area contributed by atoms with Crippen LogP contribution >= 0.6 is 15.9 Å². The standard InChI is InChI=1S/C16H19BrN2O5S/c1-10(20)18-7-5-11-8-12(17)9-14(15(11)18)25(23,24)19-6-3-2-4-13(19)16(21)22/h8-9,13H,2-7H2,1H3,(H,21,22)/t13-/m0/s1. The van der Waals surface area contributed by atoms with Crippen LogP contribution in [0, 0.1) is 0 Å². The minimum Gasteiger partial charge on any atom is -0.480 e. The number of anilines is 1. The van der Waals surface area contributed by atoms with Gasteiger partial charge in [-0.05, 0) is 43.4 Å². The first kappa shape index (κ1) is 18.3. The zero-order chi connectivity index (χ0) is 18.4. The van der Waals surface area contributed by atoms with Gasteiger partial charge in [-0.15, -0.1) is 0 Å². The lowest BCUT2D eigenvalue weighted by Crippen LogP contribution is -2.48. The van der Waals surface area contributed by atoms with E-state index in [1.165, 1.54) is 17.9 Å². The molecule has 0 spiro atoms. The van der Waals surface area contributed by atoms with E-state index in [1.807, 2.05) is 6.07 Å². The molecule has 2 aliphatic rings. The van der Waals surface area contributed by atoms with Crippen LogP contribution in [0.5, 0.6) is 0 Å². The number of benzene rings is 1. The van der Waals surface area contributed by atoms with Crippen LogP contribution in [0.15, 0.2) is 21.5 Å². The number of carbonyl (C=O) groups excluding carboxylic acids is 1. The maximum atomic E-state index is 13.3. The van der Waals surface area contributed by atoms with Gasteiger partial charge in [-0.25, -0.2) is 8.42 Å². The molecule has 2 heterocycles. The summed E-state index contributed by atoms with van der Waals surface area (Å²) in [6, 6.07) is 2.20. The van der Waals surface area contributed by atoms with E-state index < -0.39 is 22.0 Å². The van der Waals surface area contributed by atoms with Gasteiger partial charge >= 0.3 is 5.97 Å². The van der Waals surface area contributed by atoms with Crippen LogP contribution in [0.1, 0.15) is 31.7 Å². The van der Waals surface area contributed by atoms with Gasteiger partial charge in [0, 0.05) is 24.5 Å². The number of aliphatic carboxylic acids is 1. The maximum Gasteiger partial charge on any atom is 0.322 e. The molecule has 0 bridgehead atoms. The van der Waals surface area contributed by atoms with Crippen molar-refractivity contribution in [2.75, 3.05) is 18.0 Å². The number of hydrogen-bond acceptors (Lipinski definition) is 4. The Morgan fingerprint density at radius 1 is 1.24 bits per heavy atom. The monoisotopic (exact) mass is 430 g/mol. The molecule has 25 heavy (non-hydrogen) atoms. The second kappa shape index (κ2) is 6.69. The molecular weight excluding hydrogens is 412 g/mol. The van der Waals surface area contributed by atoms with E-state index in [0.29, 0.717) is 42.4 Å². The van der Waals surface area contributed by atoms with E-state index in [1.54, 1.807) is 0 Å². The molecule has 2 aliphatic heterocycles. The van der Waals surface area contributed by atoms with Gasteiger partial charge in [0.25, 0.3) is 0 Å². The Morgan fingerprint density at radius 3 is 2.60 bits per heavy atom. The van der Waals surface area contributed by atoms with Gasteiger partial charge in [0.1, 0.15) is 10.9 Å². The lowest BCUT2D eigenvalue weighted by atomic mass is 10.1. The van der Waals surface area contributed by atoms with Gasteiger partial charge in [-0.3, -0.25) is 9.59 Å². The molecule has 0 saturated carbocycles. The van der Waals surface area contributed by atoms with Crippen LogP contribution in [0.4, 0.5) is 5.69 Å². The summed E-state index contributed by atoms with van der Waals surface area (Å²) in [5, 5.41) is 9.43. The fraction of sp³-hybridized carbons (Fsp3) is 0.500. The number of sulfonamides is 1. The second-order valence-corrected chi connectivity index (χ2v) is 9.07. The molecule has 1 N–H and O–H groups in total. The third kappa shape index (κ3) is 3.20. The molecule has 1 amide bonds. The zero-order valence-corrected chi connectivity index (χ0v) is 16.1. The smallest absolute Gasteiger partial charge is 0.322 e. The van der Waals surface area contributed by atoms with Crippen LogP contribution in [0.2, 0.25) is 0 Å². The molecule has 1 fully saturated rings. The Balaban J connectivity index is 2.15. The zero-order valence-electron chi connectivity index (χ0n) is 13.7. The van der Waals surface area contributed by atoms with Crippen molar-refractivity contribution in [1.29, 1.82) is 0 Å². The first-order chi connectivity index (χ1) is 11.7. The number of hydrogen-bond donors (Lipinski definition) is 1. The highest BCUT2D eigenvalue weighted by Gasteiger charge is 2.41. The van der Waals surface area contributed by atoms with E-state index in [9.17, 15) is 23.1 Å². The van der Waals surface area contributed by atoms with Gasteiger partial charge in [0.2, 0.25) is 15.9 Å². The molecule has 0 radical (unpaired) electrons. The normalized spacial score (nSPS) is 21.2. The fourth-order valence-corrected chi connectivity index (χ4v) is 6.12. The minimum absolute atomic E-state index is 0.00211. The number of halogens is 1. The Bertz CT molecular complexity index is 839. The molecule has 0 aliphatic carbocycles. The predicted molar refractivity (Wildman–Crippen MR) is 95.0 cm³/mol. The van der Waals surface area contributed by atoms with Gasteiger partial charge in [-0.2, -0.15) is 4.31 Å². The molecule has 7 nitrogen and oxygen atoms in total. The quantitative estimate of drug-likeness (QED) is 0.790. The van der Waals surface area contributed by atoms with Crippen molar-refractivity contribution in [3.05, 3.63) is 22.2 Å². The molecule has 1 saturated heterocycles. The van der Waals surface area contributed by atoms with Gasteiger partial charge in [-0.1, -0.05) is 15.9 Å². The van der Waals surface area contributed by atoms with Crippen LogP contribution in [0.3, 0.4) is 0 Å². The molecule has 0 unspecified atom stereocenters. The first-order valence-electron chi connectivity index (χ1n) is 8.08. The number of nitrogens with zero attached hydrogens (tertiary/aromatic N) is 2. The molecule has 3 rings (SSSR count). The Morgan fingerprint density at radius 2 is 1.96 bits per heavy atom. The van der Waals surface area contributed by atoms with Crippen molar-refractivity contribution in [3.63, 3.8) is 0 Å². The molecule has 0 aromatic heterocycles. The predicted octanol–water partition coefficient (Wildman–Crippen LogP) is 1.99. The number of piperidine rings is 1. The van der Waals surface area contributed by atoms with E-state index >= 15 is 0 Å². The van der Waals surface area contributed by atoms with E-state index in [0.717, 1.165) is 9.87 Å². The van der Waals surface area contributed by atoms with E-state index in [2.05, 4.69) is 15.9 Å². The number of carboxylic acids is 1. The summed E-state index contributed by atoms with van der Waals surface area (Å²) in [6.07, 6.45) is 2.16. The minimum atomic E-state index is -4.04. The third-order valence-electron chi connectivity index (χ3n) is 4.70. The Labute approximate surface area is 154 Å². The summed E-state index contributed by atoms with van der Waals surface area (Å²) in [4.78, 5) is 24.9. The highest BCUT2D eigenvalue weighted by atomic mass is 79.9. The van der Waals surface area contributed by atoms with E-state index in [-0.39, 0.29) is 17.3 Å². The summed E-state index contributed by atoms with van der Waals surface area (Å²) in [6.45, 7) is 1.99. The Hall–Kier alpha value is -1.45.